The highest BCUT2D eigenvalue weighted by Gasteiger charge is 2.23. The Morgan fingerprint density at radius 3 is 1.73 bits per heavy atom. The molecule has 0 radical (unpaired) electrons. The maximum atomic E-state index is 13.6. The average Bonchev–Trinajstić information content (AvgIpc) is 2.84. The molecule has 1 unspecified atom stereocenters. The number of halogens is 3. The Labute approximate surface area is 191 Å². The average molecular weight is 461 g/mol. The predicted octanol–water partition coefficient (Wildman–Crippen LogP) is 4.85. The van der Waals surface area contributed by atoms with E-state index in [1.165, 1.54) is 13.3 Å². The lowest BCUT2D eigenvalue weighted by atomic mass is 10.1. The van der Waals surface area contributed by atoms with Gasteiger partial charge < -0.3 is 19.1 Å². The number of aromatic nitrogens is 2. The molecule has 3 rings (SSSR count). The fraction of sp³-hybridized carbons (Fsp3) is 0.333. The lowest BCUT2D eigenvalue weighted by Crippen LogP contribution is -2.25. The van der Waals surface area contributed by atoms with Crippen LogP contribution in [-0.4, -0.2) is 43.9 Å². The largest absolute Gasteiger partial charge is 0.497 e. The third-order valence-electron chi connectivity index (χ3n) is 5.04. The van der Waals surface area contributed by atoms with Crippen LogP contribution in [0.4, 0.5) is 19.1 Å². The Bertz CT molecular complexity index is 968. The van der Waals surface area contributed by atoms with Gasteiger partial charge in [0.15, 0.2) is 6.17 Å². The minimum absolute atomic E-state index is 0.0674. The smallest absolute Gasteiger partial charge is 0.269 e. The van der Waals surface area contributed by atoms with Crippen molar-refractivity contribution in [2.75, 3.05) is 26.2 Å². The quantitative estimate of drug-likeness (QED) is 0.407. The summed E-state index contributed by atoms with van der Waals surface area (Å²) in [6.07, 6.45) is -4.59. The molecule has 1 aromatic heterocycles. The number of methoxy groups -OCH3 is 3. The van der Waals surface area contributed by atoms with E-state index >= 15 is 0 Å². The Hall–Kier alpha value is -3.49. The van der Waals surface area contributed by atoms with E-state index in [9.17, 15) is 13.2 Å². The Morgan fingerprint density at radius 2 is 1.30 bits per heavy atom. The summed E-state index contributed by atoms with van der Waals surface area (Å²) >= 11 is 0. The van der Waals surface area contributed by atoms with Crippen molar-refractivity contribution in [3.8, 4) is 17.4 Å². The van der Waals surface area contributed by atoms with Gasteiger partial charge in [0.2, 0.25) is 11.8 Å². The van der Waals surface area contributed by atoms with Crippen molar-refractivity contribution < 1.29 is 27.4 Å². The molecular weight excluding hydrogens is 435 g/mol. The van der Waals surface area contributed by atoms with Crippen molar-refractivity contribution in [2.24, 2.45) is 0 Å². The molecular formula is C24H26F3N3O3. The molecule has 0 bridgehead atoms. The number of alkyl halides is 3. The van der Waals surface area contributed by atoms with Crippen LogP contribution in [0.15, 0.2) is 54.7 Å². The van der Waals surface area contributed by atoms with Crippen LogP contribution < -0.4 is 19.1 Å². The summed E-state index contributed by atoms with van der Waals surface area (Å²) in [6.45, 7) is 0.919. The summed E-state index contributed by atoms with van der Waals surface area (Å²) in [5, 5.41) is 0. The molecule has 6 nitrogen and oxygen atoms in total. The van der Waals surface area contributed by atoms with Crippen LogP contribution in [0.25, 0.3) is 0 Å². The van der Waals surface area contributed by atoms with Gasteiger partial charge in [0, 0.05) is 31.3 Å². The minimum Gasteiger partial charge on any atom is -0.497 e. The maximum Gasteiger partial charge on any atom is 0.269 e. The van der Waals surface area contributed by atoms with E-state index in [1.807, 2.05) is 53.4 Å². The number of nitrogens with zero attached hydrogens (tertiary/aromatic N) is 3. The van der Waals surface area contributed by atoms with Crippen LogP contribution in [0, 0.1) is 0 Å². The van der Waals surface area contributed by atoms with Crippen LogP contribution in [0.2, 0.25) is 0 Å². The molecule has 0 amide bonds. The molecule has 0 N–H and O–H groups in total. The lowest BCUT2D eigenvalue weighted by molar-refractivity contribution is 0.0499. The second kappa shape index (κ2) is 11.4. The maximum absolute atomic E-state index is 13.6. The predicted molar refractivity (Wildman–Crippen MR) is 119 cm³/mol. The first-order chi connectivity index (χ1) is 15.9. The summed E-state index contributed by atoms with van der Waals surface area (Å²) in [7, 11) is 4.56. The Balaban J connectivity index is 1.90. The summed E-state index contributed by atoms with van der Waals surface area (Å²) in [6, 6.07) is 15.2. The second-order valence-corrected chi connectivity index (χ2v) is 7.31. The summed E-state index contributed by atoms with van der Waals surface area (Å²) in [5.41, 5.74) is 2.15. The normalized spacial score (nSPS) is 11.8. The fourth-order valence-corrected chi connectivity index (χ4v) is 3.25. The van der Waals surface area contributed by atoms with Crippen molar-refractivity contribution in [1.29, 1.82) is 0 Å². The van der Waals surface area contributed by atoms with Gasteiger partial charge in [0.1, 0.15) is 11.5 Å². The van der Waals surface area contributed by atoms with Gasteiger partial charge in [-0.25, -0.2) is 18.2 Å². The van der Waals surface area contributed by atoms with Crippen LogP contribution in [0.5, 0.6) is 17.4 Å². The molecule has 0 aliphatic heterocycles. The highest BCUT2D eigenvalue weighted by Crippen LogP contribution is 2.25. The molecule has 0 aliphatic carbocycles. The topological polar surface area (TPSA) is 56.7 Å². The van der Waals surface area contributed by atoms with Gasteiger partial charge in [-0.3, -0.25) is 0 Å². The van der Waals surface area contributed by atoms with Crippen molar-refractivity contribution in [2.45, 2.75) is 32.1 Å². The van der Waals surface area contributed by atoms with Gasteiger partial charge in [-0.1, -0.05) is 24.3 Å². The highest BCUT2D eigenvalue weighted by molar-refractivity contribution is 5.40. The van der Waals surface area contributed by atoms with Gasteiger partial charge in [-0.15, -0.1) is 0 Å². The molecule has 176 valence electrons. The zero-order chi connectivity index (χ0) is 23.8. The second-order valence-electron chi connectivity index (χ2n) is 7.31. The highest BCUT2D eigenvalue weighted by atomic mass is 19.3. The van der Waals surface area contributed by atoms with Crippen molar-refractivity contribution in [3.63, 3.8) is 0 Å². The number of anilines is 1. The van der Waals surface area contributed by atoms with E-state index in [0.29, 0.717) is 19.0 Å². The molecule has 0 saturated carbocycles. The van der Waals surface area contributed by atoms with Gasteiger partial charge >= 0.3 is 0 Å². The third kappa shape index (κ3) is 6.50. The standard InChI is InChI=1S/C24H26F3N3O3/c1-31-19-8-4-16(5-9-19)14-30(15-17-6-10-20(32-2)11-7-17)24-28-13-18(23(29-24)33-3)12-21(25)22(26)27/h4-11,13,21-22H,12,14-15H2,1-3H3. The van der Waals surface area contributed by atoms with E-state index in [-0.39, 0.29) is 11.4 Å². The molecule has 2 aromatic carbocycles. The zero-order valence-corrected chi connectivity index (χ0v) is 18.7. The molecule has 0 saturated heterocycles. The van der Waals surface area contributed by atoms with Gasteiger partial charge in [-0.2, -0.15) is 4.98 Å². The SMILES string of the molecule is COc1ccc(CN(Cc2ccc(OC)cc2)c2ncc(CC(F)C(F)F)c(OC)n2)cc1. The van der Waals surface area contributed by atoms with Crippen molar-refractivity contribution >= 4 is 5.95 Å². The number of benzene rings is 2. The molecule has 33 heavy (non-hydrogen) atoms. The van der Waals surface area contributed by atoms with E-state index in [4.69, 9.17) is 14.2 Å². The number of hydrogen-bond acceptors (Lipinski definition) is 6. The number of ether oxygens (including phenoxy) is 3. The van der Waals surface area contributed by atoms with Crippen LogP contribution >= 0.6 is 0 Å². The van der Waals surface area contributed by atoms with Gasteiger partial charge in [0.25, 0.3) is 6.43 Å². The summed E-state index contributed by atoms with van der Waals surface area (Å²) in [4.78, 5) is 10.6. The number of rotatable bonds is 11. The zero-order valence-electron chi connectivity index (χ0n) is 18.7. The van der Waals surface area contributed by atoms with E-state index in [1.54, 1.807) is 14.2 Å². The molecule has 0 spiro atoms. The lowest BCUT2D eigenvalue weighted by Gasteiger charge is -2.24. The molecule has 3 aromatic rings. The molecule has 0 aliphatic rings. The Morgan fingerprint density at radius 1 is 0.788 bits per heavy atom. The van der Waals surface area contributed by atoms with Crippen LogP contribution in [0.3, 0.4) is 0 Å². The summed E-state index contributed by atoms with van der Waals surface area (Å²) < 4.78 is 54.6. The van der Waals surface area contributed by atoms with E-state index < -0.39 is 19.0 Å². The minimum atomic E-state index is -3.09. The molecule has 1 atom stereocenters. The molecule has 1 heterocycles. The van der Waals surface area contributed by atoms with Crippen LogP contribution in [0.1, 0.15) is 16.7 Å². The van der Waals surface area contributed by atoms with Crippen molar-refractivity contribution in [1.82, 2.24) is 9.97 Å². The van der Waals surface area contributed by atoms with E-state index in [2.05, 4.69) is 9.97 Å². The monoisotopic (exact) mass is 461 g/mol. The first kappa shape index (κ1) is 24.2. The fourth-order valence-electron chi connectivity index (χ4n) is 3.25. The third-order valence-corrected chi connectivity index (χ3v) is 5.04. The molecule has 9 heteroatoms. The van der Waals surface area contributed by atoms with E-state index in [0.717, 1.165) is 22.6 Å². The Kier molecular flexibility index (Phi) is 8.34. The first-order valence-corrected chi connectivity index (χ1v) is 10.3. The van der Waals surface area contributed by atoms with Gasteiger partial charge in [0.05, 0.1) is 21.3 Å². The summed E-state index contributed by atoms with van der Waals surface area (Å²) in [5.74, 6) is 1.87. The van der Waals surface area contributed by atoms with Crippen LogP contribution in [-0.2, 0) is 19.5 Å². The molecule has 0 fully saturated rings. The number of hydrogen-bond donors (Lipinski definition) is 0. The van der Waals surface area contributed by atoms with Crippen molar-refractivity contribution in [3.05, 3.63) is 71.4 Å². The first-order valence-electron chi connectivity index (χ1n) is 10.3. The van der Waals surface area contributed by atoms with Gasteiger partial charge in [-0.05, 0) is 35.4 Å².